The van der Waals surface area contributed by atoms with Crippen molar-refractivity contribution < 1.29 is 14.3 Å². The molecule has 0 unspecified atom stereocenters. The number of thiazole rings is 1. The highest BCUT2D eigenvalue weighted by Crippen LogP contribution is 2.34. The zero-order chi connectivity index (χ0) is 20.4. The van der Waals surface area contributed by atoms with Crippen LogP contribution in [-0.2, 0) is 6.61 Å². The molecule has 0 atom stereocenters. The SMILES string of the molecule is COc1cc(-c2nc(C(=O)NC3CC3)cs2)ccc1OCc1ccc(Cl)c(Cl)c1. The number of benzene rings is 2. The van der Waals surface area contributed by atoms with Crippen LogP contribution in [0.5, 0.6) is 11.5 Å². The molecule has 1 saturated carbocycles. The summed E-state index contributed by atoms with van der Waals surface area (Å²) in [5.74, 6) is 1.07. The van der Waals surface area contributed by atoms with Gasteiger partial charge in [-0.3, -0.25) is 4.79 Å². The first-order valence-electron chi connectivity index (χ1n) is 9.05. The van der Waals surface area contributed by atoms with Crippen molar-refractivity contribution in [3.05, 3.63) is 63.1 Å². The first kappa shape index (κ1) is 20.0. The maximum Gasteiger partial charge on any atom is 0.270 e. The molecule has 1 amide bonds. The molecular weight excluding hydrogens is 431 g/mol. The van der Waals surface area contributed by atoms with Crippen molar-refractivity contribution >= 4 is 40.4 Å². The van der Waals surface area contributed by atoms with Gasteiger partial charge >= 0.3 is 0 Å². The lowest BCUT2D eigenvalue weighted by Gasteiger charge is -2.12. The molecule has 150 valence electrons. The fraction of sp³-hybridized carbons (Fsp3) is 0.238. The second kappa shape index (κ2) is 8.61. The Balaban J connectivity index is 1.48. The normalized spacial score (nSPS) is 13.2. The van der Waals surface area contributed by atoms with Gasteiger partial charge in [-0.1, -0.05) is 29.3 Å². The number of hydrogen-bond donors (Lipinski definition) is 1. The van der Waals surface area contributed by atoms with Crippen LogP contribution in [-0.4, -0.2) is 24.0 Å². The topological polar surface area (TPSA) is 60.5 Å². The molecule has 1 aromatic heterocycles. The molecule has 0 saturated heterocycles. The fourth-order valence-corrected chi connectivity index (χ4v) is 3.83. The number of amides is 1. The molecule has 3 aromatic rings. The van der Waals surface area contributed by atoms with E-state index in [1.807, 2.05) is 24.3 Å². The lowest BCUT2D eigenvalue weighted by molar-refractivity contribution is 0.0947. The summed E-state index contributed by atoms with van der Waals surface area (Å²) in [7, 11) is 1.58. The summed E-state index contributed by atoms with van der Waals surface area (Å²) in [6, 6.07) is 11.3. The van der Waals surface area contributed by atoms with Gasteiger partial charge in [-0.05, 0) is 48.7 Å². The Morgan fingerprint density at radius 3 is 2.72 bits per heavy atom. The van der Waals surface area contributed by atoms with E-state index in [2.05, 4.69) is 10.3 Å². The van der Waals surface area contributed by atoms with E-state index < -0.39 is 0 Å². The fourth-order valence-electron chi connectivity index (χ4n) is 2.71. The molecule has 1 aliphatic rings. The summed E-state index contributed by atoms with van der Waals surface area (Å²) >= 11 is 13.4. The molecule has 0 bridgehead atoms. The van der Waals surface area contributed by atoms with Crippen molar-refractivity contribution in [3.63, 3.8) is 0 Å². The minimum absolute atomic E-state index is 0.122. The van der Waals surface area contributed by atoms with Crippen LogP contribution in [0.4, 0.5) is 0 Å². The maximum atomic E-state index is 12.2. The van der Waals surface area contributed by atoms with Crippen LogP contribution in [0.15, 0.2) is 41.8 Å². The molecule has 8 heteroatoms. The van der Waals surface area contributed by atoms with Gasteiger partial charge in [0.25, 0.3) is 5.91 Å². The van der Waals surface area contributed by atoms with E-state index in [-0.39, 0.29) is 5.91 Å². The molecule has 0 spiro atoms. The van der Waals surface area contributed by atoms with Gasteiger partial charge in [0.2, 0.25) is 0 Å². The molecule has 2 aromatic carbocycles. The van der Waals surface area contributed by atoms with E-state index in [1.165, 1.54) is 11.3 Å². The highest BCUT2D eigenvalue weighted by molar-refractivity contribution is 7.13. The lowest BCUT2D eigenvalue weighted by atomic mass is 10.2. The van der Waals surface area contributed by atoms with Gasteiger partial charge in [-0.25, -0.2) is 4.98 Å². The lowest BCUT2D eigenvalue weighted by Crippen LogP contribution is -2.25. The third kappa shape index (κ3) is 4.83. The number of nitrogens with zero attached hydrogens (tertiary/aromatic N) is 1. The molecule has 4 rings (SSSR count). The minimum atomic E-state index is -0.122. The van der Waals surface area contributed by atoms with Crippen LogP contribution in [0.2, 0.25) is 10.0 Å². The van der Waals surface area contributed by atoms with E-state index in [1.54, 1.807) is 24.6 Å². The summed E-state index contributed by atoms with van der Waals surface area (Å²) in [6.45, 7) is 0.329. The Hall–Kier alpha value is -2.28. The van der Waals surface area contributed by atoms with Crippen LogP contribution in [0.3, 0.4) is 0 Å². The zero-order valence-electron chi connectivity index (χ0n) is 15.6. The van der Waals surface area contributed by atoms with Crippen molar-refractivity contribution in [2.45, 2.75) is 25.5 Å². The number of halogens is 2. The Kier molecular flexibility index (Phi) is 5.94. The number of hydrogen-bond acceptors (Lipinski definition) is 5. The molecule has 1 aliphatic carbocycles. The Morgan fingerprint density at radius 2 is 2.00 bits per heavy atom. The first-order valence-corrected chi connectivity index (χ1v) is 10.7. The van der Waals surface area contributed by atoms with E-state index in [9.17, 15) is 4.79 Å². The van der Waals surface area contributed by atoms with E-state index in [0.717, 1.165) is 29.0 Å². The van der Waals surface area contributed by atoms with Gasteiger partial charge < -0.3 is 14.8 Å². The first-order chi connectivity index (χ1) is 14.0. The van der Waals surface area contributed by atoms with Crippen molar-refractivity contribution in [1.29, 1.82) is 0 Å². The second-order valence-corrected chi connectivity index (χ2v) is 8.36. The highest BCUT2D eigenvalue weighted by atomic mass is 35.5. The molecule has 5 nitrogen and oxygen atoms in total. The molecule has 1 heterocycles. The van der Waals surface area contributed by atoms with Crippen molar-refractivity contribution in [1.82, 2.24) is 10.3 Å². The third-order valence-electron chi connectivity index (χ3n) is 4.44. The van der Waals surface area contributed by atoms with Gasteiger partial charge in [0, 0.05) is 17.0 Å². The summed E-state index contributed by atoms with van der Waals surface area (Å²) in [5, 5.41) is 6.46. The predicted molar refractivity (Wildman–Crippen MR) is 115 cm³/mol. The minimum Gasteiger partial charge on any atom is -0.493 e. The Bertz CT molecular complexity index is 1050. The standard InChI is InChI=1S/C21H18Cl2N2O3S/c1-27-19-9-13(21-25-17(11-29-21)20(26)24-14-4-5-14)3-7-18(19)28-10-12-2-6-15(22)16(23)8-12/h2-3,6-9,11,14H,4-5,10H2,1H3,(H,24,26). The number of rotatable bonds is 7. The summed E-state index contributed by atoms with van der Waals surface area (Å²) in [5.41, 5.74) is 2.20. The number of nitrogens with one attached hydrogen (secondary N) is 1. The number of ether oxygens (including phenoxy) is 2. The number of aromatic nitrogens is 1. The quantitative estimate of drug-likeness (QED) is 0.511. The molecular formula is C21H18Cl2N2O3S. The smallest absolute Gasteiger partial charge is 0.270 e. The van der Waals surface area contributed by atoms with Crippen LogP contribution in [0.1, 0.15) is 28.9 Å². The van der Waals surface area contributed by atoms with E-state index in [0.29, 0.717) is 39.9 Å². The summed E-state index contributed by atoms with van der Waals surface area (Å²) < 4.78 is 11.4. The largest absolute Gasteiger partial charge is 0.493 e. The number of carbonyl (C=O) groups is 1. The van der Waals surface area contributed by atoms with Gasteiger partial charge in [0.05, 0.1) is 17.2 Å². The van der Waals surface area contributed by atoms with Gasteiger partial charge in [-0.15, -0.1) is 11.3 Å². The molecule has 0 aliphatic heterocycles. The van der Waals surface area contributed by atoms with Crippen LogP contribution < -0.4 is 14.8 Å². The monoisotopic (exact) mass is 448 g/mol. The zero-order valence-corrected chi connectivity index (χ0v) is 17.9. The molecule has 29 heavy (non-hydrogen) atoms. The average Bonchev–Trinajstić information content (AvgIpc) is 3.39. The summed E-state index contributed by atoms with van der Waals surface area (Å²) in [6.07, 6.45) is 2.09. The predicted octanol–water partition coefficient (Wildman–Crippen LogP) is 5.60. The molecule has 1 N–H and O–H groups in total. The van der Waals surface area contributed by atoms with Crippen molar-refractivity contribution in [2.24, 2.45) is 0 Å². The van der Waals surface area contributed by atoms with Crippen molar-refractivity contribution in [3.8, 4) is 22.1 Å². The summed E-state index contributed by atoms with van der Waals surface area (Å²) in [4.78, 5) is 16.6. The highest BCUT2D eigenvalue weighted by Gasteiger charge is 2.25. The number of carbonyl (C=O) groups excluding carboxylic acids is 1. The molecule has 1 fully saturated rings. The van der Waals surface area contributed by atoms with Crippen LogP contribution in [0, 0.1) is 0 Å². The van der Waals surface area contributed by atoms with E-state index >= 15 is 0 Å². The second-order valence-electron chi connectivity index (χ2n) is 6.69. The van der Waals surface area contributed by atoms with Gasteiger partial charge in [0.1, 0.15) is 17.3 Å². The Morgan fingerprint density at radius 1 is 1.17 bits per heavy atom. The van der Waals surface area contributed by atoms with Crippen LogP contribution >= 0.6 is 34.5 Å². The number of methoxy groups -OCH3 is 1. The van der Waals surface area contributed by atoms with Crippen molar-refractivity contribution in [2.75, 3.05) is 7.11 Å². The maximum absolute atomic E-state index is 12.2. The Labute approximate surface area is 182 Å². The van der Waals surface area contributed by atoms with Crippen LogP contribution in [0.25, 0.3) is 10.6 Å². The third-order valence-corrected chi connectivity index (χ3v) is 6.07. The van der Waals surface area contributed by atoms with Gasteiger partial charge in [0.15, 0.2) is 11.5 Å². The average molecular weight is 449 g/mol. The molecule has 0 radical (unpaired) electrons. The van der Waals surface area contributed by atoms with E-state index in [4.69, 9.17) is 32.7 Å². The van der Waals surface area contributed by atoms with Gasteiger partial charge in [-0.2, -0.15) is 0 Å².